The standard InChI is InChI=1S/C20H22BrN3O3S/c1-4-24(5-2)19(26)14-7-6-8-15(11-14)22-20(28)23-18(25)13-9-10-17(27-3)16(21)12-13/h6-12H,4-5H2,1-3H3,(H2,22,23,25,28). The number of halogens is 1. The lowest BCUT2D eigenvalue weighted by atomic mass is 10.1. The van der Waals surface area contributed by atoms with Crippen LogP contribution < -0.4 is 15.4 Å². The molecule has 0 heterocycles. The summed E-state index contributed by atoms with van der Waals surface area (Å²) < 4.78 is 5.83. The van der Waals surface area contributed by atoms with E-state index in [0.29, 0.717) is 40.1 Å². The monoisotopic (exact) mass is 463 g/mol. The number of hydrogen-bond acceptors (Lipinski definition) is 4. The van der Waals surface area contributed by atoms with Crippen molar-refractivity contribution in [3.63, 3.8) is 0 Å². The summed E-state index contributed by atoms with van der Waals surface area (Å²) in [6.07, 6.45) is 0. The van der Waals surface area contributed by atoms with E-state index in [9.17, 15) is 9.59 Å². The van der Waals surface area contributed by atoms with Gasteiger partial charge in [-0.1, -0.05) is 6.07 Å². The maximum Gasteiger partial charge on any atom is 0.257 e. The Morgan fingerprint density at radius 3 is 2.43 bits per heavy atom. The molecule has 0 spiro atoms. The van der Waals surface area contributed by atoms with Gasteiger partial charge in [-0.05, 0) is 78.4 Å². The number of carbonyl (C=O) groups is 2. The van der Waals surface area contributed by atoms with Gasteiger partial charge in [0, 0.05) is 29.9 Å². The highest BCUT2D eigenvalue weighted by molar-refractivity contribution is 9.10. The molecule has 0 fully saturated rings. The van der Waals surface area contributed by atoms with E-state index in [1.807, 2.05) is 13.8 Å². The summed E-state index contributed by atoms with van der Waals surface area (Å²) in [4.78, 5) is 26.6. The van der Waals surface area contributed by atoms with Crippen LogP contribution in [0.15, 0.2) is 46.9 Å². The average molecular weight is 464 g/mol. The van der Waals surface area contributed by atoms with Crippen molar-refractivity contribution in [1.29, 1.82) is 0 Å². The molecule has 8 heteroatoms. The van der Waals surface area contributed by atoms with Gasteiger partial charge in [0.1, 0.15) is 5.75 Å². The number of anilines is 1. The second kappa shape index (κ2) is 10.2. The summed E-state index contributed by atoms with van der Waals surface area (Å²) in [6, 6.07) is 12.0. The van der Waals surface area contributed by atoms with E-state index in [-0.39, 0.29) is 16.9 Å². The molecule has 0 aliphatic carbocycles. The van der Waals surface area contributed by atoms with E-state index in [1.165, 1.54) is 0 Å². The first-order chi connectivity index (χ1) is 13.4. The third-order valence-corrected chi connectivity index (χ3v) is 4.88. The summed E-state index contributed by atoms with van der Waals surface area (Å²) in [7, 11) is 1.55. The van der Waals surface area contributed by atoms with Gasteiger partial charge in [-0.25, -0.2) is 0 Å². The van der Waals surface area contributed by atoms with Crippen LogP contribution in [-0.2, 0) is 0 Å². The topological polar surface area (TPSA) is 70.7 Å². The molecule has 0 radical (unpaired) electrons. The van der Waals surface area contributed by atoms with Crippen LogP contribution in [0.3, 0.4) is 0 Å². The number of benzene rings is 2. The number of ether oxygens (including phenoxy) is 1. The predicted molar refractivity (Wildman–Crippen MR) is 118 cm³/mol. The molecular formula is C20H22BrN3O3S. The molecule has 0 atom stereocenters. The fourth-order valence-electron chi connectivity index (χ4n) is 2.57. The Labute approximate surface area is 178 Å². The number of carbonyl (C=O) groups excluding carboxylic acids is 2. The van der Waals surface area contributed by atoms with Crippen LogP contribution in [-0.4, -0.2) is 42.0 Å². The van der Waals surface area contributed by atoms with Crippen molar-refractivity contribution in [3.05, 3.63) is 58.1 Å². The SMILES string of the molecule is CCN(CC)C(=O)c1cccc(NC(=S)NC(=O)c2ccc(OC)c(Br)c2)c1. The Balaban J connectivity index is 2.05. The van der Waals surface area contributed by atoms with Crippen molar-refractivity contribution in [1.82, 2.24) is 10.2 Å². The van der Waals surface area contributed by atoms with Gasteiger partial charge in [-0.3, -0.25) is 14.9 Å². The largest absolute Gasteiger partial charge is 0.496 e. The van der Waals surface area contributed by atoms with Crippen LogP contribution >= 0.6 is 28.1 Å². The number of methoxy groups -OCH3 is 1. The molecule has 0 bridgehead atoms. The van der Waals surface area contributed by atoms with Crippen molar-refractivity contribution in [3.8, 4) is 5.75 Å². The van der Waals surface area contributed by atoms with Crippen molar-refractivity contribution in [2.75, 3.05) is 25.5 Å². The van der Waals surface area contributed by atoms with E-state index in [4.69, 9.17) is 17.0 Å². The number of amides is 2. The van der Waals surface area contributed by atoms with E-state index >= 15 is 0 Å². The maximum atomic E-state index is 12.5. The number of hydrogen-bond donors (Lipinski definition) is 2. The van der Waals surface area contributed by atoms with Gasteiger partial charge in [0.15, 0.2) is 5.11 Å². The van der Waals surface area contributed by atoms with Gasteiger partial charge in [-0.15, -0.1) is 0 Å². The normalized spacial score (nSPS) is 10.1. The molecule has 148 valence electrons. The summed E-state index contributed by atoms with van der Waals surface area (Å²) in [6.45, 7) is 5.15. The summed E-state index contributed by atoms with van der Waals surface area (Å²) in [5, 5.41) is 5.71. The molecule has 2 amide bonds. The predicted octanol–water partition coefficient (Wildman–Crippen LogP) is 4.07. The Morgan fingerprint density at radius 1 is 1.11 bits per heavy atom. The maximum absolute atomic E-state index is 12.5. The lowest BCUT2D eigenvalue weighted by molar-refractivity contribution is 0.0772. The van der Waals surface area contributed by atoms with Gasteiger partial charge in [-0.2, -0.15) is 0 Å². The lowest BCUT2D eigenvalue weighted by Gasteiger charge is -2.19. The quantitative estimate of drug-likeness (QED) is 0.631. The number of nitrogens with zero attached hydrogens (tertiary/aromatic N) is 1. The molecular weight excluding hydrogens is 442 g/mol. The lowest BCUT2D eigenvalue weighted by Crippen LogP contribution is -2.34. The highest BCUT2D eigenvalue weighted by Gasteiger charge is 2.14. The molecule has 0 aliphatic heterocycles. The smallest absolute Gasteiger partial charge is 0.257 e. The minimum absolute atomic E-state index is 0.0494. The minimum atomic E-state index is -0.351. The molecule has 2 aromatic carbocycles. The molecule has 6 nitrogen and oxygen atoms in total. The molecule has 0 saturated heterocycles. The van der Waals surface area contributed by atoms with Gasteiger partial charge in [0.2, 0.25) is 0 Å². The number of nitrogens with one attached hydrogen (secondary N) is 2. The van der Waals surface area contributed by atoms with E-state index in [1.54, 1.807) is 54.5 Å². The average Bonchev–Trinajstić information content (AvgIpc) is 2.68. The Hall–Kier alpha value is -2.45. The minimum Gasteiger partial charge on any atom is -0.496 e. The fraction of sp³-hybridized carbons (Fsp3) is 0.250. The molecule has 28 heavy (non-hydrogen) atoms. The number of rotatable bonds is 6. The molecule has 0 aliphatic rings. The first kappa shape index (κ1) is 21.8. The fourth-order valence-corrected chi connectivity index (χ4v) is 3.32. The van der Waals surface area contributed by atoms with Crippen molar-refractivity contribution in [2.45, 2.75) is 13.8 Å². The van der Waals surface area contributed by atoms with Crippen molar-refractivity contribution >= 4 is 50.8 Å². The molecule has 0 aromatic heterocycles. The van der Waals surface area contributed by atoms with Gasteiger partial charge in [0.25, 0.3) is 11.8 Å². The summed E-state index contributed by atoms with van der Waals surface area (Å²) in [5.74, 6) is 0.231. The second-order valence-corrected chi connectivity index (χ2v) is 7.08. The molecule has 0 saturated carbocycles. The number of thiocarbonyl (C=S) groups is 1. The third-order valence-electron chi connectivity index (χ3n) is 4.06. The van der Waals surface area contributed by atoms with Gasteiger partial charge in [0.05, 0.1) is 11.6 Å². The highest BCUT2D eigenvalue weighted by atomic mass is 79.9. The first-order valence-corrected chi connectivity index (χ1v) is 9.94. The first-order valence-electron chi connectivity index (χ1n) is 8.74. The molecule has 2 rings (SSSR count). The van der Waals surface area contributed by atoms with E-state index in [2.05, 4.69) is 26.6 Å². The van der Waals surface area contributed by atoms with E-state index < -0.39 is 0 Å². The van der Waals surface area contributed by atoms with Crippen LogP contribution in [0.5, 0.6) is 5.75 Å². The van der Waals surface area contributed by atoms with Crippen LogP contribution in [0.2, 0.25) is 0 Å². The van der Waals surface area contributed by atoms with E-state index in [0.717, 1.165) is 0 Å². The molecule has 0 unspecified atom stereocenters. The molecule has 2 aromatic rings. The molecule has 2 N–H and O–H groups in total. The highest BCUT2D eigenvalue weighted by Crippen LogP contribution is 2.25. The summed E-state index contributed by atoms with van der Waals surface area (Å²) in [5.41, 5.74) is 1.61. The van der Waals surface area contributed by atoms with Gasteiger partial charge >= 0.3 is 0 Å². The van der Waals surface area contributed by atoms with Crippen LogP contribution in [0.1, 0.15) is 34.6 Å². The zero-order chi connectivity index (χ0) is 20.7. The third kappa shape index (κ3) is 5.53. The zero-order valence-electron chi connectivity index (χ0n) is 15.9. The van der Waals surface area contributed by atoms with Crippen LogP contribution in [0, 0.1) is 0 Å². The van der Waals surface area contributed by atoms with Crippen molar-refractivity contribution in [2.24, 2.45) is 0 Å². The Bertz CT molecular complexity index is 885. The second-order valence-electron chi connectivity index (χ2n) is 5.82. The van der Waals surface area contributed by atoms with Crippen molar-refractivity contribution < 1.29 is 14.3 Å². The summed E-state index contributed by atoms with van der Waals surface area (Å²) >= 11 is 8.58. The van der Waals surface area contributed by atoms with Crippen LogP contribution in [0.4, 0.5) is 5.69 Å². The Morgan fingerprint density at radius 2 is 1.82 bits per heavy atom. The Kier molecular flexibility index (Phi) is 7.95. The zero-order valence-corrected chi connectivity index (χ0v) is 18.3. The van der Waals surface area contributed by atoms with Gasteiger partial charge < -0.3 is 15.0 Å². The van der Waals surface area contributed by atoms with Crippen LogP contribution in [0.25, 0.3) is 0 Å².